The molecule has 0 aliphatic heterocycles. The first-order chi connectivity index (χ1) is 11.5. The Balaban J connectivity index is 1.88. The molecule has 0 spiro atoms. The van der Waals surface area contributed by atoms with Crippen LogP contribution >= 0.6 is 0 Å². The lowest BCUT2D eigenvalue weighted by Gasteiger charge is -2.18. The van der Waals surface area contributed by atoms with Crippen molar-refractivity contribution in [3.05, 3.63) is 65.2 Å². The van der Waals surface area contributed by atoms with Gasteiger partial charge in [0.1, 0.15) is 0 Å². The van der Waals surface area contributed by atoms with Crippen LogP contribution in [-0.4, -0.2) is 25.5 Å². The fraction of sp³-hybridized carbons (Fsp3) is 0.278. The Kier molecular flexibility index (Phi) is 4.20. The molecule has 6 nitrogen and oxygen atoms in total. The third-order valence-corrected chi connectivity index (χ3v) is 4.24. The molecule has 0 saturated heterocycles. The van der Waals surface area contributed by atoms with Gasteiger partial charge in [0, 0.05) is 25.1 Å². The molecule has 2 heterocycles. The van der Waals surface area contributed by atoms with E-state index < -0.39 is 0 Å². The quantitative estimate of drug-likeness (QED) is 0.803. The first-order valence-electron chi connectivity index (χ1n) is 7.89. The first kappa shape index (κ1) is 16.0. The van der Waals surface area contributed by atoms with Gasteiger partial charge in [-0.05, 0) is 38.5 Å². The lowest BCUT2D eigenvalue weighted by molar-refractivity contribution is 0.0938. The van der Waals surface area contributed by atoms with Crippen molar-refractivity contribution < 1.29 is 4.79 Å². The minimum Gasteiger partial charge on any atom is -0.345 e. The summed E-state index contributed by atoms with van der Waals surface area (Å²) in [5, 5.41) is 11.7. The molecule has 3 aromatic rings. The zero-order chi connectivity index (χ0) is 17.3. The number of aryl methyl sites for hydroxylation is 2. The monoisotopic (exact) mass is 323 g/mol. The van der Waals surface area contributed by atoms with Crippen LogP contribution in [-0.2, 0) is 7.05 Å². The second-order valence-electron chi connectivity index (χ2n) is 5.87. The van der Waals surface area contributed by atoms with E-state index in [9.17, 15) is 4.79 Å². The second kappa shape index (κ2) is 6.31. The fourth-order valence-corrected chi connectivity index (χ4v) is 2.92. The summed E-state index contributed by atoms with van der Waals surface area (Å²) in [5.41, 5.74) is 4.20. The van der Waals surface area contributed by atoms with Crippen LogP contribution in [0.25, 0.3) is 5.69 Å². The number of para-hydroxylation sites is 1. The van der Waals surface area contributed by atoms with E-state index in [1.807, 2.05) is 64.3 Å². The van der Waals surface area contributed by atoms with Crippen LogP contribution in [0.3, 0.4) is 0 Å². The highest BCUT2D eigenvalue weighted by Crippen LogP contribution is 2.22. The number of rotatable bonds is 4. The van der Waals surface area contributed by atoms with Gasteiger partial charge in [0.05, 0.1) is 23.0 Å². The highest BCUT2D eigenvalue weighted by Gasteiger charge is 2.20. The van der Waals surface area contributed by atoms with E-state index in [0.717, 1.165) is 22.6 Å². The molecule has 0 aliphatic carbocycles. The van der Waals surface area contributed by atoms with Crippen molar-refractivity contribution in [2.75, 3.05) is 0 Å². The normalized spacial score (nSPS) is 12.2. The molecule has 0 bridgehead atoms. The average Bonchev–Trinajstić information content (AvgIpc) is 3.16. The third-order valence-electron chi connectivity index (χ3n) is 4.24. The molecule has 1 atom stereocenters. The van der Waals surface area contributed by atoms with Gasteiger partial charge in [0.25, 0.3) is 5.91 Å². The molecule has 0 radical (unpaired) electrons. The number of nitrogens with one attached hydrogen (secondary N) is 1. The van der Waals surface area contributed by atoms with Crippen molar-refractivity contribution in [2.45, 2.75) is 26.8 Å². The molecule has 0 aliphatic rings. The summed E-state index contributed by atoms with van der Waals surface area (Å²) in [6, 6.07) is 9.64. The molecule has 2 aromatic heterocycles. The van der Waals surface area contributed by atoms with Crippen LogP contribution in [0.15, 0.2) is 42.7 Å². The minimum atomic E-state index is -0.156. The first-order valence-corrected chi connectivity index (χ1v) is 7.89. The van der Waals surface area contributed by atoms with Gasteiger partial charge in [0.2, 0.25) is 0 Å². The molecule has 0 fully saturated rings. The van der Waals surface area contributed by atoms with Gasteiger partial charge in [0.15, 0.2) is 0 Å². The van der Waals surface area contributed by atoms with E-state index in [1.54, 1.807) is 15.6 Å². The summed E-state index contributed by atoms with van der Waals surface area (Å²) in [6.45, 7) is 5.73. The molecule has 3 rings (SSSR count). The smallest absolute Gasteiger partial charge is 0.255 e. The lowest BCUT2D eigenvalue weighted by Crippen LogP contribution is -2.28. The zero-order valence-corrected chi connectivity index (χ0v) is 14.3. The average molecular weight is 323 g/mol. The summed E-state index contributed by atoms with van der Waals surface area (Å²) in [7, 11) is 1.84. The number of carbonyl (C=O) groups is 1. The zero-order valence-electron chi connectivity index (χ0n) is 14.3. The van der Waals surface area contributed by atoms with Gasteiger partial charge in [-0.15, -0.1) is 0 Å². The molecule has 0 unspecified atom stereocenters. The van der Waals surface area contributed by atoms with Crippen LogP contribution in [0, 0.1) is 13.8 Å². The molecule has 124 valence electrons. The van der Waals surface area contributed by atoms with E-state index in [4.69, 9.17) is 0 Å². The standard InChI is InChI=1S/C18H21N5O/c1-12(20-18(24)17-13(2)21-22(4)14(17)3)15-8-5-6-9-16(15)23-11-7-10-19-23/h5-12H,1-4H3,(H,20,24)/t12-/m1/s1. The third kappa shape index (κ3) is 2.82. The van der Waals surface area contributed by atoms with Gasteiger partial charge in [-0.25, -0.2) is 4.68 Å². The molecular weight excluding hydrogens is 302 g/mol. The minimum absolute atomic E-state index is 0.110. The molecule has 1 N–H and O–H groups in total. The van der Waals surface area contributed by atoms with Crippen molar-refractivity contribution >= 4 is 5.91 Å². The number of carbonyl (C=O) groups excluding carboxylic acids is 1. The molecular formula is C18H21N5O. The molecule has 1 amide bonds. The molecule has 1 aromatic carbocycles. The summed E-state index contributed by atoms with van der Waals surface area (Å²) >= 11 is 0. The van der Waals surface area contributed by atoms with Gasteiger partial charge >= 0.3 is 0 Å². The van der Waals surface area contributed by atoms with Gasteiger partial charge in [-0.1, -0.05) is 18.2 Å². The number of aromatic nitrogens is 4. The molecule has 24 heavy (non-hydrogen) atoms. The SMILES string of the molecule is Cc1nn(C)c(C)c1C(=O)N[C@H](C)c1ccccc1-n1cccn1. The maximum Gasteiger partial charge on any atom is 0.255 e. The van der Waals surface area contributed by atoms with Crippen molar-refractivity contribution in [3.8, 4) is 5.69 Å². The Morgan fingerprint density at radius 1 is 1.21 bits per heavy atom. The topological polar surface area (TPSA) is 64.7 Å². The highest BCUT2D eigenvalue weighted by molar-refractivity contribution is 5.96. The largest absolute Gasteiger partial charge is 0.345 e. The van der Waals surface area contributed by atoms with Crippen molar-refractivity contribution in [3.63, 3.8) is 0 Å². The van der Waals surface area contributed by atoms with Gasteiger partial charge < -0.3 is 5.32 Å². The second-order valence-corrected chi connectivity index (χ2v) is 5.87. The lowest BCUT2D eigenvalue weighted by atomic mass is 10.0. The predicted octanol–water partition coefficient (Wildman–Crippen LogP) is 2.71. The fourth-order valence-electron chi connectivity index (χ4n) is 2.92. The molecule has 6 heteroatoms. The van der Waals surface area contributed by atoms with Crippen LogP contribution in [0.1, 0.15) is 40.3 Å². The van der Waals surface area contributed by atoms with Gasteiger partial charge in [-0.2, -0.15) is 10.2 Å². The summed E-state index contributed by atoms with van der Waals surface area (Å²) < 4.78 is 3.53. The van der Waals surface area contributed by atoms with Crippen LogP contribution in [0.5, 0.6) is 0 Å². The summed E-state index contributed by atoms with van der Waals surface area (Å²) in [4.78, 5) is 12.7. The van der Waals surface area contributed by atoms with E-state index in [0.29, 0.717) is 5.56 Å². The van der Waals surface area contributed by atoms with E-state index in [-0.39, 0.29) is 11.9 Å². The number of nitrogens with zero attached hydrogens (tertiary/aromatic N) is 4. The highest BCUT2D eigenvalue weighted by atomic mass is 16.1. The van der Waals surface area contributed by atoms with Crippen molar-refractivity contribution in [1.82, 2.24) is 24.9 Å². The van der Waals surface area contributed by atoms with E-state index in [2.05, 4.69) is 15.5 Å². The summed E-state index contributed by atoms with van der Waals surface area (Å²) in [6.07, 6.45) is 3.63. The van der Waals surface area contributed by atoms with Gasteiger partial charge in [-0.3, -0.25) is 9.48 Å². The number of hydrogen-bond donors (Lipinski definition) is 1. The molecule has 0 saturated carbocycles. The van der Waals surface area contributed by atoms with Crippen molar-refractivity contribution in [1.29, 1.82) is 0 Å². The van der Waals surface area contributed by atoms with Crippen molar-refractivity contribution in [2.24, 2.45) is 7.05 Å². The van der Waals surface area contributed by atoms with Crippen LogP contribution in [0.4, 0.5) is 0 Å². The summed E-state index contributed by atoms with van der Waals surface area (Å²) in [5.74, 6) is -0.110. The number of benzene rings is 1. The Hall–Kier alpha value is -2.89. The Morgan fingerprint density at radius 2 is 1.96 bits per heavy atom. The van der Waals surface area contributed by atoms with Crippen LogP contribution in [0.2, 0.25) is 0 Å². The Bertz CT molecular complexity index is 864. The Labute approximate surface area is 141 Å². The maximum atomic E-state index is 12.7. The maximum absolute atomic E-state index is 12.7. The predicted molar refractivity (Wildman–Crippen MR) is 92.1 cm³/mol. The van der Waals surface area contributed by atoms with E-state index >= 15 is 0 Å². The Morgan fingerprint density at radius 3 is 2.58 bits per heavy atom. The number of amides is 1. The van der Waals surface area contributed by atoms with E-state index in [1.165, 1.54) is 0 Å². The number of hydrogen-bond acceptors (Lipinski definition) is 3. The van der Waals surface area contributed by atoms with Crippen LogP contribution < -0.4 is 5.32 Å².